The number of nitrogens with one attached hydrogen (secondary N) is 1. The molecule has 1 fully saturated rings. The Morgan fingerprint density at radius 1 is 1.35 bits per heavy atom. The summed E-state index contributed by atoms with van der Waals surface area (Å²) in [6, 6.07) is 0. The van der Waals surface area contributed by atoms with Gasteiger partial charge in [-0.1, -0.05) is 19.3 Å². The monoisotopic (exact) mass is 265 g/mol. The summed E-state index contributed by atoms with van der Waals surface area (Å²) in [5.41, 5.74) is -2.07. The van der Waals surface area contributed by atoms with Crippen molar-refractivity contribution in [3.63, 3.8) is 0 Å². The minimum atomic E-state index is -3.52. The second-order valence-corrected chi connectivity index (χ2v) is 6.75. The first-order valence-electron chi connectivity index (χ1n) is 5.70. The largest absolute Gasteiger partial charge is 0.479 e. The van der Waals surface area contributed by atoms with Gasteiger partial charge in [-0.05, 0) is 19.8 Å². The highest BCUT2D eigenvalue weighted by Gasteiger charge is 2.34. The predicted molar refractivity (Wildman–Crippen MR) is 62.1 cm³/mol. The second kappa shape index (κ2) is 5.32. The topological polar surface area (TPSA) is 104 Å². The molecule has 0 saturated heterocycles. The fraction of sp³-hybridized carbons (Fsp3) is 0.900. The molecule has 6 nitrogen and oxygen atoms in total. The predicted octanol–water partition coefficient (Wildman–Crippen LogP) is 0.0741. The van der Waals surface area contributed by atoms with E-state index < -0.39 is 33.4 Å². The van der Waals surface area contributed by atoms with Crippen LogP contribution in [0.4, 0.5) is 0 Å². The fourth-order valence-corrected chi connectivity index (χ4v) is 3.48. The summed E-state index contributed by atoms with van der Waals surface area (Å²) in [5, 5.41) is 17.6. The third-order valence-electron chi connectivity index (χ3n) is 3.07. The molecular weight excluding hydrogens is 246 g/mol. The summed E-state index contributed by atoms with van der Waals surface area (Å²) in [6.07, 6.45) is 4.00. The van der Waals surface area contributed by atoms with Crippen molar-refractivity contribution in [2.24, 2.45) is 0 Å². The average Bonchev–Trinajstić information content (AvgIpc) is 2.28. The van der Waals surface area contributed by atoms with Gasteiger partial charge in [0.25, 0.3) is 0 Å². The van der Waals surface area contributed by atoms with E-state index in [0.717, 1.165) is 26.2 Å². The second-order valence-electron chi connectivity index (χ2n) is 4.71. The smallest absolute Gasteiger partial charge is 0.336 e. The van der Waals surface area contributed by atoms with Crippen molar-refractivity contribution in [3.8, 4) is 0 Å². The average molecular weight is 265 g/mol. The Morgan fingerprint density at radius 3 is 2.35 bits per heavy atom. The van der Waals surface area contributed by atoms with Crippen LogP contribution in [-0.4, -0.2) is 42.0 Å². The van der Waals surface area contributed by atoms with Crippen molar-refractivity contribution in [2.75, 3.05) is 6.54 Å². The molecule has 1 aliphatic rings. The number of aliphatic carboxylic acids is 1. The van der Waals surface area contributed by atoms with Gasteiger partial charge in [-0.2, -0.15) is 0 Å². The lowest BCUT2D eigenvalue weighted by Gasteiger charge is -2.24. The summed E-state index contributed by atoms with van der Waals surface area (Å²) >= 11 is 0. The van der Waals surface area contributed by atoms with Gasteiger partial charge in [0.2, 0.25) is 10.0 Å². The molecule has 0 aromatic carbocycles. The molecule has 0 radical (unpaired) electrons. The molecule has 0 heterocycles. The molecular formula is C10H19NO5S. The Hall–Kier alpha value is -0.660. The van der Waals surface area contributed by atoms with E-state index in [9.17, 15) is 18.3 Å². The van der Waals surface area contributed by atoms with E-state index >= 15 is 0 Å². The lowest BCUT2D eigenvalue weighted by atomic mass is 10.0. The minimum Gasteiger partial charge on any atom is -0.479 e. The molecule has 1 unspecified atom stereocenters. The van der Waals surface area contributed by atoms with Gasteiger partial charge in [-0.15, -0.1) is 0 Å². The Kier molecular flexibility index (Phi) is 4.51. The highest BCUT2D eigenvalue weighted by molar-refractivity contribution is 7.90. The zero-order valence-electron chi connectivity index (χ0n) is 9.85. The van der Waals surface area contributed by atoms with Crippen LogP contribution in [0.2, 0.25) is 0 Å². The Morgan fingerprint density at radius 2 is 1.88 bits per heavy atom. The van der Waals surface area contributed by atoms with Gasteiger partial charge in [0.15, 0.2) is 5.60 Å². The van der Waals surface area contributed by atoms with Crippen molar-refractivity contribution in [2.45, 2.75) is 49.9 Å². The van der Waals surface area contributed by atoms with E-state index in [2.05, 4.69) is 4.72 Å². The molecule has 17 heavy (non-hydrogen) atoms. The molecule has 1 atom stereocenters. The van der Waals surface area contributed by atoms with E-state index in [1.165, 1.54) is 0 Å². The molecule has 7 heteroatoms. The molecule has 0 aromatic rings. The molecule has 0 aromatic heterocycles. The molecule has 0 amide bonds. The summed E-state index contributed by atoms with van der Waals surface area (Å²) in [7, 11) is -3.52. The Bertz CT molecular complexity index is 370. The maximum absolute atomic E-state index is 11.8. The fourth-order valence-electron chi connectivity index (χ4n) is 1.81. The van der Waals surface area contributed by atoms with Gasteiger partial charge in [-0.25, -0.2) is 17.9 Å². The van der Waals surface area contributed by atoms with E-state index in [0.29, 0.717) is 12.8 Å². The SMILES string of the molecule is CC(O)(CNS(=O)(=O)C1CCCCC1)C(=O)O. The number of carboxylic acid groups (broad SMARTS) is 1. The molecule has 0 spiro atoms. The van der Waals surface area contributed by atoms with Crippen LogP contribution in [0.5, 0.6) is 0 Å². The standard InChI is InChI=1S/C10H19NO5S/c1-10(14,9(12)13)7-11-17(15,16)8-5-3-2-4-6-8/h8,11,14H,2-7H2,1H3,(H,12,13). The van der Waals surface area contributed by atoms with Gasteiger partial charge in [0, 0.05) is 6.54 Å². The van der Waals surface area contributed by atoms with Crippen LogP contribution in [0.1, 0.15) is 39.0 Å². The normalized spacial score (nSPS) is 22.0. The third-order valence-corrected chi connectivity index (χ3v) is 4.97. The van der Waals surface area contributed by atoms with Crippen molar-refractivity contribution in [1.82, 2.24) is 4.72 Å². The summed E-state index contributed by atoms with van der Waals surface area (Å²) in [4.78, 5) is 10.6. The minimum absolute atomic E-state index is 0.458. The van der Waals surface area contributed by atoms with Gasteiger partial charge in [0.05, 0.1) is 5.25 Å². The third kappa shape index (κ3) is 3.93. The Balaban J connectivity index is 2.58. The van der Waals surface area contributed by atoms with Crippen LogP contribution in [0, 0.1) is 0 Å². The maximum Gasteiger partial charge on any atom is 0.336 e. The van der Waals surface area contributed by atoms with Gasteiger partial charge >= 0.3 is 5.97 Å². The summed E-state index contributed by atoms with van der Waals surface area (Å²) in [6.45, 7) is 0.569. The summed E-state index contributed by atoms with van der Waals surface area (Å²) < 4.78 is 25.9. The number of carboxylic acids is 1. The number of hydrogen-bond donors (Lipinski definition) is 3. The number of rotatable bonds is 5. The van der Waals surface area contributed by atoms with Crippen LogP contribution in [0.3, 0.4) is 0 Å². The molecule has 1 rings (SSSR count). The van der Waals surface area contributed by atoms with Crippen molar-refractivity contribution in [3.05, 3.63) is 0 Å². The van der Waals surface area contributed by atoms with Crippen LogP contribution in [0.15, 0.2) is 0 Å². The zero-order valence-corrected chi connectivity index (χ0v) is 10.7. The van der Waals surface area contributed by atoms with E-state index in [4.69, 9.17) is 5.11 Å². The highest BCUT2D eigenvalue weighted by Crippen LogP contribution is 2.23. The number of sulfonamides is 1. The lowest BCUT2D eigenvalue weighted by Crippen LogP contribution is -2.48. The quantitative estimate of drug-likeness (QED) is 0.653. The summed E-state index contributed by atoms with van der Waals surface area (Å²) in [5.74, 6) is -1.44. The number of carbonyl (C=O) groups is 1. The lowest BCUT2D eigenvalue weighted by molar-refractivity contribution is -0.155. The Labute approximate surface area is 101 Å². The molecule has 3 N–H and O–H groups in total. The van der Waals surface area contributed by atoms with Crippen molar-refractivity contribution >= 4 is 16.0 Å². The molecule has 1 saturated carbocycles. The zero-order chi connectivity index (χ0) is 13.1. The molecule has 0 aliphatic heterocycles. The van der Waals surface area contributed by atoms with E-state index in [1.54, 1.807) is 0 Å². The van der Waals surface area contributed by atoms with Crippen molar-refractivity contribution < 1.29 is 23.4 Å². The first-order valence-corrected chi connectivity index (χ1v) is 7.24. The van der Waals surface area contributed by atoms with Gasteiger partial charge < -0.3 is 10.2 Å². The van der Waals surface area contributed by atoms with Crippen LogP contribution in [-0.2, 0) is 14.8 Å². The van der Waals surface area contributed by atoms with Crippen LogP contribution >= 0.6 is 0 Å². The van der Waals surface area contributed by atoms with E-state index in [1.807, 2.05) is 0 Å². The van der Waals surface area contributed by atoms with Crippen molar-refractivity contribution in [1.29, 1.82) is 0 Å². The van der Waals surface area contributed by atoms with Gasteiger partial charge in [0.1, 0.15) is 0 Å². The van der Waals surface area contributed by atoms with Crippen LogP contribution < -0.4 is 4.72 Å². The number of aliphatic hydroxyl groups is 1. The molecule has 100 valence electrons. The first kappa shape index (κ1) is 14.4. The van der Waals surface area contributed by atoms with Gasteiger partial charge in [-0.3, -0.25) is 0 Å². The first-order chi connectivity index (χ1) is 7.76. The maximum atomic E-state index is 11.8. The highest BCUT2D eigenvalue weighted by atomic mass is 32.2. The van der Waals surface area contributed by atoms with Crippen LogP contribution in [0.25, 0.3) is 0 Å². The van der Waals surface area contributed by atoms with E-state index in [-0.39, 0.29) is 0 Å². The number of hydrogen-bond acceptors (Lipinski definition) is 4. The molecule has 0 bridgehead atoms. The molecule has 1 aliphatic carbocycles.